The van der Waals surface area contributed by atoms with Crippen molar-refractivity contribution in [2.75, 3.05) is 0 Å². The fraction of sp³-hybridized carbons (Fsp3) is 0. The predicted molar refractivity (Wildman–Crippen MR) is 225 cm³/mol. The molecular weight excluding hydrogens is 671 g/mol. The van der Waals surface area contributed by atoms with Gasteiger partial charge in [0.15, 0.2) is 5.82 Å². The lowest BCUT2D eigenvalue weighted by Crippen LogP contribution is -1.97. The molecule has 55 heavy (non-hydrogen) atoms. The SMILES string of the molecule is c1ccc(-c2nc(-c3ccc(-c4cccnc4)cc3)cc(-c3cc(-c4ccccc4-c4ccccc4)cc(-c4cccc5c4oc4ccccc45)c3)n2)cc1. The molecule has 7 aromatic carbocycles. The third-order valence-electron chi connectivity index (χ3n) is 10.2. The number of hydrogen-bond donors (Lipinski definition) is 0. The summed E-state index contributed by atoms with van der Waals surface area (Å²) in [6.07, 6.45) is 3.68. The van der Waals surface area contributed by atoms with E-state index in [0.29, 0.717) is 5.82 Å². The molecule has 0 amide bonds. The summed E-state index contributed by atoms with van der Waals surface area (Å²) in [6, 6.07) is 65.5. The third-order valence-corrected chi connectivity index (χ3v) is 10.2. The summed E-state index contributed by atoms with van der Waals surface area (Å²) in [6.45, 7) is 0. The van der Waals surface area contributed by atoms with E-state index in [1.807, 2.05) is 42.6 Å². The van der Waals surface area contributed by atoms with Crippen molar-refractivity contribution in [1.82, 2.24) is 15.0 Å². The zero-order chi connectivity index (χ0) is 36.6. The maximum absolute atomic E-state index is 6.59. The molecule has 0 unspecified atom stereocenters. The molecule has 0 saturated heterocycles. The van der Waals surface area contributed by atoms with Crippen LogP contribution in [0.5, 0.6) is 0 Å². The molecule has 10 rings (SSSR count). The van der Waals surface area contributed by atoms with Crippen LogP contribution in [0.2, 0.25) is 0 Å². The Bertz CT molecular complexity index is 2950. The minimum absolute atomic E-state index is 0.667. The Hall–Kier alpha value is -7.43. The smallest absolute Gasteiger partial charge is 0.160 e. The van der Waals surface area contributed by atoms with E-state index in [-0.39, 0.29) is 0 Å². The summed E-state index contributed by atoms with van der Waals surface area (Å²) in [7, 11) is 0. The lowest BCUT2D eigenvalue weighted by atomic mass is 9.90. The highest BCUT2D eigenvalue weighted by atomic mass is 16.3. The largest absolute Gasteiger partial charge is 0.455 e. The number of para-hydroxylation sites is 2. The summed E-state index contributed by atoms with van der Waals surface area (Å²) < 4.78 is 6.59. The standard InChI is InChI=1S/C51H33N3O/c1-3-13-35(14-4-1)42-18-7-8-19-43(42)39-29-40(44-21-11-22-46-45-20-9-10-23-49(45)55-50(44)46)31-41(30-39)48-32-47(53-51(54-48)37-15-5-2-6-16-37)36-26-24-34(25-27-36)38-17-12-28-52-33-38/h1-33H. The van der Waals surface area contributed by atoms with Crippen molar-refractivity contribution >= 4 is 21.9 Å². The van der Waals surface area contributed by atoms with Crippen LogP contribution in [0, 0.1) is 0 Å². The molecule has 4 nitrogen and oxygen atoms in total. The van der Waals surface area contributed by atoms with Gasteiger partial charge in [-0.3, -0.25) is 4.98 Å². The molecule has 0 bridgehead atoms. The van der Waals surface area contributed by atoms with Crippen LogP contribution in [-0.4, -0.2) is 15.0 Å². The Morgan fingerprint density at radius 2 is 0.909 bits per heavy atom. The summed E-state index contributed by atoms with van der Waals surface area (Å²) in [5.74, 6) is 0.667. The van der Waals surface area contributed by atoms with Gasteiger partial charge in [-0.1, -0.05) is 152 Å². The highest BCUT2D eigenvalue weighted by molar-refractivity contribution is 6.10. The first-order valence-electron chi connectivity index (χ1n) is 18.4. The fourth-order valence-corrected chi connectivity index (χ4v) is 7.49. The van der Waals surface area contributed by atoms with Crippen LogP contribution in [0.15, 0.2) is 205 Å². The van der Waals surface area contributed by atoms with E-state index in [1.165, 1.54) is 0 Å². The first kappa shape index (κ1) is 32.2. The molecule has 3 heterocycles. The average molecular weight is 704 g/mol. The molecule has 0 spiro atoms. The van der Waals surface area contributed by atoms with Crippen molar-refractivity contribution in [1.29, 1.82) is 0 Å². The maximum atomic E-state index is 6.59. The number of nitrogens with zero attached hydrogens (tertiary/aromatic N) is 3. The van der Waals surface area contributed by atoms with Gasteiger partial charge in [-0.2, -0.15) is 0 Å². The van der Waals surface area contributed by atoms with E-state index in [0.717, 1.165) is 94.5 Å². The normalized spacial score (nSPS) is 11.3. The highest BCUT2D eigenvalue weighted by Crippen LogP contribution is 2.41. The number of rotatable bonds is 7. The molecule has 0 atom stereocenters. The Balaban J connectivity index is 1.20. The van der Waals surface area contributed by atoms with Gasteiger partial charge in [0.05, 0.1) is 11.4 Å². The summed E-state index contributed by atoms with van der Waals surface area (Å²) >= 11 is 0. The van der Waals surface area contributed by atoms with Crippen molar-refractivity contribution in [3.63, 3.8) is 0 Å². The van der Waals surface area contributed by atoms with Crippen LogP contribution in [-0.2, 0) is 0 Å². The van der Waals surface area contributed by atoms with Crippen LogP contribution in [0.1, 0.15) is 0 Å². The van der Waals surface area contributed by atoms with E-state index in [1.54, 1.807) is 6.20 Å². The molecule has 0 aliphatic rings. The number of pyridine rings is 1. The van der Waals surface area contributed by atoms with Gasteiger partial charge in [-0.05, 0) is 75.3 Å². The van der Waals surface area contributed by atoms with Crippen molar-refractivity contribution in [2.24, 2.45) is 0 Å². The molecule has 0 aliphatic heterocycles. The Kier molecular flexibility index (Phi) is 8.12. The van der Waals surface area contributed by atoms with Gasteiger partial charge < -0.3 is 4.42 Å². The van der Waals surface area contributed by atoms with Crippen molar-refractivity contribution in [3.05, 3.63) is 200 Å². The Morgan fingerprint density at radius 1 is 0.345 bits per heavy atom. The number of benzene rings is 7. The summed E-state index contributed by atoms with van der Waals surface area (Å²) in [5, 5.41) is 2.20. The highest BCUT2D eigenvalue weighted by Gasteiger charge is 2.18. The minimum atomic E-state index is 0.667. The van der Waals surface area contributed by atoms with Gasteiger partial charge in [0, 0.05) is 45.4 Å². The molecule has 0 radical (unpaired) electrons. The second-order valence-electron chi connectivity index (χ2n) is 13.6. The second-order valence-corrected chi connectivity index (χ2v) is 13.6. The van der Waals surface area contributed by atoms with E-state index < -0.39 is 0 Å². The quantitative estimate of drug-likeness (QED) is 0.166. The topological polar surface area (TPSA) is 51.8 Å². The number of furan rings is 1. The molecule has 3 aromatic heterocycles. The van der Waals surface area contributed by atoms with Crippen LogP contribution in [0.3, 0.4) is 0 Å². The van der Waals surface area contributed by atoms with Crippen LogP contribution >= 0.6 is 0 Å². The zero-order valence-corrected chi connectivity index (χ0v) is 29.8. The molecule has 10 aromatic rings. The van der Waals surface area contributed by atoms with Crippen molar-refractivity contribution in [3.8, 4) is 78.4 Å². The van der Waals surface area contributed by atoms with E-state index in [2.05, 4.69) is 157 Å². The fourth-order valence-electron chi connectivity index (χ4n) is 7.49. The average Bonchev–Trinajstić information content (AvgIpc) is 3.66. The van der Waals surface area contributed by atoms with E-state index in [4.69, 9.17) is 14.4 Å². The van der Waals surface area contributed by atoms with Gasteiger partial charge in [-0.15, -0.1) is 0 Å². The molecule has 0 aliphatic carbocycles. The minimum Gasteiger partial charge on any atom is -0.455 e. The third kappa shape index (κ3) is 6.16. The molecule has 258 valence electrons. The first-order chi connectivity index (χ1) is 27.2. The first-order valence-corrected chi connectivity index (χ1v) is 18.4. The van der Waals surface area contributed by atoms with Gasteiger partial charge in [0.1, 0.15) is 11.2 Å². The van der Waals surface area contributed by atoms with Crippen LogP contribution < -0.4 is 0 Å². The number of hydrogen-bond acceptors (Lipinski definition) is 4. The van der Waals surface area contributed by atoms with Crippen LogP contribution in [0.25, 0.3) is 100 Å². The van der Waals surface area contributed by atoms with E-state index in [9.17, 15) is 0 Å². The van der Waals surface area contributed by atoms with Gasteiger partial charge in [0.2, 0.25) is 0 Å². The predicted octanol–water partition coefficient (Wildman–Crippen LogP) is 13.4. The molecule has 4 heteroatoms. The molecule has 0 N–H and O–H groups in total. The molecule has 0 saturated carbocycles. The lowest BCUT2D eigenvalue weighted by molar-refractivity contribution is 0.670. The summed E-state index contributed by atoms with van der Waals surface area (Å²) in [4.78, 5) is 14.7. The van der Waals surface area contributed by atoms with Gasteiger partial charge >= 0.3 is 0 Å². The van der Waals surface area contributed by atoms with Crippen molar-refractivity contribution in [2.45, 2.75) is 0 Å². The lowest BCUT2D eigenvalue weighted by Gasteiger charge is -2.15. The number of fused-ring (bicyclic) bond motifs is 3. The Morgan fingerprint density at radius 3 is 1.65 bits per heavy atom. The zero-order valence-electron chi connectivity index (χ0n) is 29.8. The summed E-state index contributed by atoms with van der Waals surface area (Å²) in [5.41, 5.74) is 15.1. The van der Waals surface area contributed by atoms with Crippen molar-refractivity contribution < 1.29 is 4.42 Å². The molecule has 0 fully saturated rings. The second kappa shape index (κ2) is 13.8. The van der Waals surface area contributed by atoms with E-state index >= 15 is 0 Å². The van der Waals surface area contributed by atoms with Gasteiger partial charge in [0.25, 0.3) is 0 Å². The van der Waals surface area contributed by atoms with Gasteiger partial charge in [-0.25, -0.2) is 9.97 Å². The monoisotopic (exact) mass is 703 g/mol. The van der Waals surface area contributed by atoms with Crippen LogP contribution in [0.4, 0.5) is 0 Å². The number of aromatic nitrogens is 3. The molecular formula is C51H33N3O. The maximum Gasteiger partial charge on any atom is 0.160 e. The Labute approximate surface area is 319 Å².